The fourth-order valence-electron chi connectivity index (χ4n) is 2.58. The van der Waals surface area contributed by atoms with E-state index in [0.29, 0.717) is 6.54 Å². The van der Waals surface area contributed by atoms with Gasteiger partial charge in [-0.05, 0) is 49.8 Å². The van der Waals surface area contributed by atoms with Gasteiger partial charge < -0.3 is 5.11 Å². The van der Waals surface area contributed by atoms with Crippen LogP contribution < -0.4 is 10.8 Å². The molecule has 5 nitrogen and oxygen atoms in total. The highest BCUT2D eigenvalue weighted by molar-refractivity contribution is 5.81. The predicted octanol–water partition coefficient (Wildman–Crippen LogP) is 1.91. The lowest BCUT2D eigenvalue weighted by molar-refractivity contribution is -0.134. The van der Waals surface area contributed by atoms with Gasteiger partial charge in [0, 0.05) is 12.1 Å². The van der Waals surface area contributed by atoms with Crippen molar-refractivity contribution >= 4 is 5.91 Å². The molecule has 0 aromatic heterocycles. The molecule has 5 heteroatoms. The number of hydrogen-bond donors (Lipinski definition) is 4. The van der Waals surface area contributed by atoms with Crippen molar-refractivity contribution in [3.63, 3.8) is 0 Å². The number of hydroxylamine groups is 1. The zero-order valence-corrected chi connectivity index (χ0v) is 15.5. The number of carbonyl (C=O) groups excluding carboxylic acids is 1. The number of aliphatic hydroxyl groups is 1. The van der Waals surface area contributed by atoms with E-state index in [1.165, 1.54) is 6.92 Å². The molecule has 0 aliphatic heterocycles. The summed E-state index contributed by atoms with van der Waals surface area (Å²) >= 11 is 0. The van der Waals surface area contributed by atoms with Crippen LogP contribution in [0.1, 0.15) is 31.4 Å². The third-order valence-electron chi connectivity index (χ3n) is 4.23. The number of benzene rings is 1. The highest BCUT2D eigenvalue weighted by Crippen LogP contribution is 2.25. The van der Waals surface area contributed by atoms with E-state index < -0.39 is 18.1 Å². The zero-order chi connectivity index (χ0) is 19.7. The van der Waals surface area contributed by atoms with Crippen LogP contribution >= 0.6 is 0 Å². The Labute approximate surface area is 160 Å². The lowest BCUT2D eigenvalue weighted by atomic mass is 9.84. The molecule has 1 aromatic rings. The average molecular weight is 364 g/mol. The van der Waals surface area contributed by atoms with Crippen molar-refractivity contribution in [2.24, 2.45) is 5.41 Å². The highest BCUT2D eigenvalue weighted by Gasteiger charge is 2.22. The Morgan fingerprint density at radius 3 is 2.59 bits per heavy atom. The lowest BCUT2D eigenvalue weighted by Gasteiger charge is -2.19. The van der Waals surface area contributed by atoms with Crippen molar-refractivity contribution in [1.29, 1.82) is 0 Å². The molecule has 1 amide bonds. The van der Waals surface area contributed by atoms with E-state index in [1.54, 1.807) is 5.48 Å². The summed E-state index contributed by atoms with van der Waals surface area (Å²) < 4.78 is 0. The second kappa shape index (κ2) is 9.75. The van der Waals surface area contributed by atoms with Crippen molar-refractivity contribution < 1.29 is 15.1 Å². The second-order valence-corrected chi connectivity index (χ2v) is 6.68. The van der Waals surface area contributed by atoms with Crippen molar-refractivity contribution in [3.8, 4) is 23.7 Å². The van der Waals surface area contributed by atoms with E-state index >= 15 is 0 Å². The third-order valence-corrected chi connectivity index (χ3v) is 4.23. The van der Waals surface area contributed by atoms with Gasteiger partial charge in [0.25, 0.3) is 5.91 Å². The first-order chi connectivity index (χ1) is 12.9. The number of nitrogens with one attached hydrogen (secondary N) is 2. The van der Waals surface area contributed by atoms with Gasteiger partial charge in [-0.2, -0.15) is 0 Å². The molecule has 140 valence electrons. The van der Waals surface area contributed by atoms with Gasteiger partial charge in [0.2, 0.25) is 0 Å². The molecule has 0 fully saturated rings. The summed E-state index contributed by atoms with van der Waals surface area (Å²) in [5, 5.41) is 21.2. The van der Waals surface area contributed by atoms with Crippen LogP contribution in [0.25, 0.3) is 0 Å². The normalized spacial score (nSPS) is 19.9. The Hall–Kier alpha value is -2.83. The fraction of sp³-hybridized carbons (Fsp3) is 0.318. The lowest BCUT2D eigenvalue weighted by Crippen LogP contribution is -2.49. The van der Waals surface area contributed by atoms with E-state index in [-0.39, 0.29) is 5.41 Å². The monoisotopic (exact) mass is 364 g/mol. The van der Waals surface area contributed by atoms with Gasteiger partial charge in [0.15, 0.2) is 0 Å². The first kappa shape index (κ1) is 20.5. The molecule has 0 saturated carbocycles. The summed E-state index contributed by atoms with van der Waals surface area (Å²) in [4.78, 5) is 11.5. The van der Waals surface area contributed by atoms with Gasteiger partial charge in [0.05, 0.1) is 11.5 Å². The average Bonchev–Trinajstić information content (AvgIpc) is 2.66. The van der Waals surface area contributed by atoms with E-state index in [4.69, 9.17) is 5.21 Å². The van der Waals surface area contributed by atoms with Crippen molar-refractivity contribution in [3.05, 3.63) is 59.7 Å². The van der Waals surface area contributed by atoms with Gasteiger partial charge in [-0.1, -0.05) is 48.3 Å². The van der Waals surface area contributed by atoms with Gasteiger partial charge in [0.1, 0.15) is 6.04 Å². The number of aliphatic hydroxyl groups excluding tert-OH is 1. The molecule has 1 unspecified atom stereocenters. The quantitative estimate of drug-likeness (QED) is 0.365. The SMILES string of the molecule is C[C@@H](O)[C@H](NCc1ccc(C#CC#CC2(C)C=CC=CC2)cc1)C(=O)NO. The van der Waals surface area contributed by atoms with Crippen LogP contribution in [0, 0.1) is 29.1 Å². The maximum absolute atomic E-state index is 11.5. The Kier molecular flexibility index (Phi) is 7.40. The Bertz CT molecular complexity index is 832. The maximum atomic E-state index is 11.5. The Balaban J connectivity index is 1.93. The van der Waals surface area contributed by atoms with E-state index in [2.05, 4.69) is 48.1 Å². The largest absolute Gasteiger partial charge is 0.391 e. The molecule has 0 spiro atoms. The summed E-state index contributed by atoms with van der Waals surface area (Å²) in [6, 6.07) is 6.63. The smallest absolute Gasteiger partial charge is 0.263 e. The van der Waals surface area contributed by atoms with Crippen molar-refractivity contribution in [2.75, 3.05) is 0 Å². The molecular formula is C22H24N2O3. The Morgan fingerprint density at radius 1 is 1.26 bits per heavy atom. The summed E-state index contributed by atoms with van der Waals surface area (Å²) in [5.74, 6) is 11.3. The molecule has 4 N–H and O–H groups in total. The zero-order valence-electron chi connectivity index (χ0n) is 15.5. The van der Waals surface area contributed by atoms with Crippen LogP contribution in [-0.4, -0.2) is 28.4 Å². The van der Waals surface area contributed by atoms with E-state index in [1.807, 2.05) is 36.4 Å². The first-order valence-corrected chi connectivity index (χ1v) is 8.75. The van der Waals surface area contributed by atoms with Gasteiger partial charge in [-0.25, -0.2) is 5.48 Å². The fourth-order valence-corrected chi connectivity index (χ4v) is 2.58. The first-order valence-electron chi connectivity index (χ1n) is 8.75. The van der Waals surface area contributed by atoms with Crippen LogP contribution in [0.15, 0.2) is 48.6 Å². The number of rotatable bonds is 5. The number of carbonyl (C=O) groups is 1. The van der Waals surface area contributed by atoms with E-state index in [0.717, 1.165) is 17.5 Å². The summed E-state index contributed by atoms with van der Waals surface area (Å²) in [6.07, 6.45) is 8.16. The summed E-state index contributed by atoms with van der Waals surface area (Å²) in [6.45, 7) is 3.93. The molecule has 1 aliphatic rings. The molecule has 27 heavy (non-hydrogen) atoms. The predicted molar refractivity (Wildman–Crippen MR) is 104 cm³/mol. The van der Waals surface area contributed by atoms with Crippen LogP contribution in [-0.2, 0) is 11.3 Å². The molecule has 3 atom stereocenters. The highest BCUT2D eigenvalue weighted by atomic mass is 16.5. The standard InChI is InChI=1S/C22H24N2O3/c1-17(25)20(21(26)24-27)23-16-19-11-9-18(10-12-19)8-4-7-15-22(2)13-5-3-6-14-22/h3,5-6,9-13,17,20,23,25,27H,14,16H2,1-2H3,(H,24,26)/t17-,20+,22?/m1/s1. The van der Waals surface area contributed by atoms with Gasteiger partial charge in [-0.15, -0.1) is 0 Å². The molecule has 0 heterocycles. The van der Waals surface area contributed by atoms with Gasteiger partial charge >= 0.3 is 0 Å². The minimum Gasteiger partial charge on any atom is -0.391 e. The molecule has 0 bridgehead atoms. The minimum absolute atomic E-state index is 0.153. The summed E-state index contributed by atoms with van der Waals surface area (Å²) in [5.41, 5.74) is 3.16. The van der Waals surface area contributed by atoms with Crippen molar-refractivity contribution in [2.45, 2.75) is 39.0 Å². The molecule has 0 saturated heterocycles. The molecule has 1 aliphatic carbocycles. The van der Waals surface area contributed by atoms with E-state index in [9.17, 15) is 9.90 Å². The van der Waals surface area contributed by atoms with Crippen LogP contribution in [0.4, 0.5) is 0 Å². The van der Waals surface area contributed by atoms with Crippen LogP contribution in [0.2, 0.25) is 0 Å². The number of amides is 1. The Morgan fingerprint density at radius 2 is 2.00 bits per heavy atom. The topological polar surface area (TPSA) is 81.6 Å². The number of allylic oxidation sites excluding steroid dienone is 4. The van der Waals surface area contributed by atoms with Crippen LogP contribution in [0.3, 0.4) is 0 Å². The van der Waals surface area contributed by atoms with Gasteiger partial charge in [-0.3, -0.25) is 15.3 Å². The van der Waals surface area contributed by atoms with Crippen molar-refractivity contribution in [1.82, 2.24) is 10.8 Å². The molecule has 0 radical (unpaired) electrons. The minimum atomic E-state index is -0.933. The number of hydrogen-bond acceptors (Lipinski definition) is 4. The molecule has 2 rings (SSSR count). The molecule has 1 aromatic carbocycles. The molecular weight excluding hydrogens is 340 g/mol. The van der Waals surface area contributed by atoms with Crippen LogP contribution in [0.5, 0.6) is 0 Å². The second-order valence-electron chi connectivity index (χ2n) is 6.68. The maximum Gasteiger partial charge on any atom is 0.263 e. The third kappa shape index (κ3) is 6.44. The summed E-state index contributed by atoms with van der Waals surface area (Å²) in [7, 11) is 0.